The van der Waals surface area contributed by atoms with Crippen LogP contribution in [0, 0.1) is 0 Å². The Kier molecular flexibility index (Phi) is 9.77. The predicted octanol–water partition coefficient (Wildman–Crippen LogP) is 15.5. The van der Waals surface area contributed by atoms with E-state index in [1.54, 1.807) is 0 Å². The molecule has 2 heteroatoms. The number of hydrogen-bond acceptors (Lipinski definition) is 1. The Bertz CT molecular complexity index is 3900. The van der Waals surface area contributed by atoms with Crippen LogP contribution in [0.2, 0.25) is 0 Å². The average Bonchev–Trinajstić information content (AvgIpc) is 4.00. The highest BCUT2D eigenvalue weighted by Gasteiger charge is 2.49. The topological polar surface area (TPSA) is 3.24 Å². The lowest BCUT2D eigenvalue weighted by Gasteiger charge is -2.33. The van der Waals surface area contributed by atoms with Crippen LogP contribution in [0.3, 0.4) is 0 Å². The fourth-order valence-corrected chi connectivity index (χ4v) is 18.5. The average molecular weight is 948 g/mol. The molecule has 11 aromatic carbocycles. The van der Waals surface area contributed by atoms with E-state index < -0.39 is 8.07 Å². The highest BCUT2D eigenvalue weighted by molar-refractivity contribution is 7.22. The highest BCUT2D eigenvalue weighted by Crippen LogP contribution is 2.54. The van der Waals surface area contributed by atoms with E-state index in [0.717, 1.165) is 17.1 Å². The van der Waals surface area contributed by atoms with E-state index in [4.69, 9.17) is 0 Å². The zero-order valence-electron chi connectivity index (χ0n) is 41.4. The maximum absolute atomic E-state index is 2.77. The third-order valence-corrected chi connectivity index (χ3v) is 21.7. The SMILES string of the molecule is CC1(C)c2cc(-c3ccccc3)ccc2-c2ccc(N(c3ccc(-c4ccc5c(c4)C(C)(c4ccccc4)c4ccccc4-5)cc3)c3cccc([Si]4(c5ccccc5)c5ccccc5-c5ccccc54)c3)cc21. The first-order valence-electron chi connectivity index (χ1n) is 25.7. The fraction of sp³-hybridized carbons (Fsp3) is 0.0704. The quantitative estimate of drug-likeness (QED) is 0.137. The highest BCUT2D eigenvalue weighted by atomic mass is 28.3. The minimum atomic E-state index is -2.77. The second kappa shape index (κ2) is 16.5. The summed E-state index contributed by atoms with van der Waals surface area (Å²) in [5.41, 5.74) is 22.5. The molecule has 11 aromatic rings. The molecule has 0 saturated heterocycles. The van der Waals surface area contributed by atoms with Gasteiger partial charge in [-0.1, -0.05) is 232 Å². The molecular formula is C71H53NSi. The molecule has 2 aliphatic carbocycles. The summed E-state index contributed by atoms with van der Waals surface area (Å²) in [7, 11) is -2.77. The lowest BCUT2D eigenvalue weighted by Crippen LogP contribution is -2.72. The largest absolute Gasteiger partial charge is 0.310 e. The van der Waals surface area contributed by atoms with Crippen LogP contribution in [0.1, 0.15) is 48.6 Å². The Labute approximate surface area is 430 Å². The Balaban J connectivity index is 0.929. The van der Waals surface area contributed by atoms with Gasteiger partial charge in [0, 0.05) is 27.9 Å². The summed E-state index contributed by atoms with van der Waals surface area (Å²) in [6.45, 7) is 7.20. The van der Waals surface area contributed by atoms with E-state index in [1.165, 1.54) is 104 Å². The molecule has 0 saturated carbocycles. The molecule has 0 N–H and O–H groups in total. The fourth-order valence-electron chi connectivity index (χ4n) is 13.3. The molecule has 1 unspecified atom stereocenters. The van der Waals surface area contributed by atoms with Gasteiger partial charge >= 0.3 is 0 Å². The van der Waals surface area contributed by atoms with Crippen molar-refractivity contribution in [3.05, 3.63) is 295 Å². The van der Waals surface area contributed by atoms with Crippen LogP contribution in [-0.4, -0.2) is 8.07 Å². The molecule has 0 bridgehead atoms. The number of nitrogens with zero attached hydrogens (tertiary/aromatic N) is 1. The third-order valence-electron chi connectivity index (χ3n) is 16.8. The molecular weight excluding hydrogens is 895 g/mol. The summed E-state index contributed by atoms with van der Waals surface area (Å²) < 4.78 is 0. The lowest BCUT2D eigenvalue weighted by atomic mass is 9.74. The number of benzene rings is 11. The van der Waals surface area contributed by atoms with Gasteiger partial charge in [0.25, 0.3) is 0 Å². The number of fused-ring (bicyclic) bond motifs is 9. The van der Waals surface area contributed by atoms with Crippen LogP contribution >= 0.6 is 0 Å². The van der Waals surface area contributed by atoms with Crippen molar-refractivity contribution in [2.75, 3.05) is 4.90 Å². The first-order chi connectivity index (χ1) is 35.8. The Hall–Kier alpha value is -8.56. The van der Waals surface area contributed by atoms with Crippen molar-refractivity contribution in [3.63, 3.8) is 0 Å². The van der Waals surface area contributed by atoms with Crippen molar-refractivity contribution < 1.29 is 0 Å². The van der Waals surface area contributed by atoms with Gasteiger partial charge in [-0.05, 0) is 160 Å². The van der Waals surface area contributed by atoms with Crippen LogP contribution in [-0.2, 0) is 10.8 Å². The summed E-state index contributed by atoms with van der Waals surface area (Å²) in [6.07, 6.45) is 0. The van der Waals surface area contributed by atoms with Gasteiger partial charge in [-0.15, -0.1) is 0 Å². The monoisotopic (exact) mass is 947 g/mol. The van der Waals surface area contributed by atoms with Crippen molar-refractivity contribution in [1.29, 1.82) is 0 Å². The molecule has 0 fully saturated rings. The molecule has 0 radical (unpaired) electrons. The number of rotatable bonds is 8. The van der Waals surface area contributed by atoms with Gasteiger partial charge in [0.2, 0.25) is 0 Å². The summed E-state index contributed by atoms with van der Waals surface area (Å²) in [4.78, 5) is 2.51. The maximum atomic E-state index is 2.52. The number of anilines is 3. The van der Waals surface area contributed by atoms with Crippen LogP contribution in [0.25, 0.3) is 55.6 Å². The summed E-state index contributed by atoms with van der Waals surface area (Å²) >= 11 is 0. The Morgan fingerprint density at radius 3 is 1.41 bits per heavy atom. The van der Waals surface area contributed by atoms with E-state index in [9.17, 15) is 0 Å². The van der Waals surface area contributed by atoms with Crippen molar-refractivity contribution in [2.45, 2.75) is 31.6 Å². The maximum Gasteiger partial charge on any atom is 0.180 e. The van der Waals surface area contributed by atoms with Gasteiger partial charge in [-0.2, -0.15) is 0 Å². The van der Waals surface area contributed by atoms with E-state index >= 15 is 0 Å². The van der Waals surface area contributed by atoms with Crippen LogP contribution in [0.4, 0.5) is 17.1 Å². The van der Waals surface area contributed by atoms with Gasteiger partial charge in [-0.3, -0.25) is 0 Å². The van der Waals surface area contributed by atoms with Crippen LogP contribution in [0.15, 0.2) is 267 Å². The minimum absolute atomic E-state index is 0.216. The van der Waals surface area contributed by atoms with Crippen molar-refractivity contribution >= 4 is 45.9 Å². The molecule has 14 rings (SSSR count). The zero-order valence-corrected chi connectivity index (χ0v) is 42.4. The molecule has 346 valence electrons. The third kappa shape index (κ3) is 6.40. The Morgan fingerprint density at radius 1 is 0.288 bits per heavy atom. The molecule has 1 atom stereocenters. The van der Waals surface area contributed by atoms with Crippen molar-refractivity contribution in [2.24, 2.45) is 0 Å². The zero-order chi connectivity index (χ0) is 48.9. The summed E-state index contributed by atoms with van der Waals surface area (Å²) in [6, 6.07) is 101. The molecule has 1 aliphatic heterocycles. The Morgan fingerprint density at radius 2 is 0.740 bits per heavy atom. The van der Waals surface area contributed by atoms with Crippen LogP contribution < -0.4 is 25.6 Å². The minimum Gasteiger partial charge on any atom is -0.310 e. The van der Waals surface area contributed by atoms with E-state index in [-0.39, 0.29) is 10.8 Å². The van der Waals surface area contributed by atoms with E-state index in [0.29, 0.717) is 0 Å². The first-order valence-corrected chi connectivity index (χ1v) is 27.7. The van der Waals surface area contributed by atoms with Gasteiger partial charge in [0.1, 0.15) is 0 Å². The smallest absolute Gasteiger partial charge is 0.180 e. The molecule has 0 spiro atoms. The predicted molar refractivity (Wildman–Crippen MR) is 310 cm³/mol. The molecule has 0 amide bonds. The molecule has 0 aromatic heterocycles. The van der Waals surface area contributed by atoms with E-state index in [2.05, 4.69) is 293 Å². The molecule has 3 aliphatic rings. The normalized spacial score (nSPS) is 15.9. The molecule has 1 heterocycles. The van der Waals surface area contributed by atoms with Crippen molar-refractivity contribution in [1.82, 2.24) is 0 Å². The molecule has 73 heavy (non-hydrogen) atoms. The number of hydrogen-bond donors (Lipinski definition) is 0. The molecule has 1 nitrogen and oxygen atoms in total. The second-order valence-electron chi connectivity index (χ2n) is 20.9. The van der Waals surface area contributed by atoms with Gasteiger partial charge in [0.05, 0.1) is 0 Å². The standard InChI is InChI=1S/C71H53NSi/c1-70(2)65-44-50(48-20-7-4-8-21-48)36-41-59(65)60-43-40-55(47-66(60)70)72(54-24-19-27-57(46-54)73(56-25-11-6-12-26-56)68-32-17-14-29-62(68)63-30-15-18-33-69(63)73)53-38-34-49(35-39-53)51-37-42-61-58-28-13-16-31-64(58)71(3,67(61)45-51)52-22-9-5-10-23-52/h4-47H,1-3H3. The van der Waals surface area contributed by atoms with Gasteiger partial charge in [-0.25, -0.2) is 0 Å². The summed E-state index contributed by atoms with van der Waals surface area (Å²) in [5, 5.41) is 5.66. The summed E-state index contributed by atoms with van der Waals surface area (Å²) in [5.74, 6) is 0. The van der Waals surface area contributed by atoms with E-state index in [1.807, 2.05) is 0 Å². The van der Waals surface area contributed by atoms with Crippen LogP contribution in [0.5, 0.6) is 0 Å². The van der Waals surface area contributed by atoms with Gasteiger partial charge in [0.15, 0.2) is 8.07 Å². The van der Waals surface area contributed by atoms with Crippen molar-refractivity contribution in [3.8, 4) is 55.6 Å². The second-order valence-corrected chi connectivity index (χ2v) is 24.7. The first kappa shape index (κ1) is 43.2. The van der Waals surface area contributed by atoms with Gasteiger partial charge < -0.3 is 4.90 Å². The lowest BCUT2D eigenvalue weighted by molar-refractivity contribution is 0.660.